The summed E-state index contributed by atoms with van der Waals surface area (Å²) in [5, 5.41) is 0. The standard InChI is InChI=1S/C19H24BrNO/c20-14-2-1-3-17(8-14)22-18-9-15-6-7-19(11-13-4-5-13)12-16(10-18)21(15)19/h1-3,8,13,15-16,18H,4-7,9-12H2/t15-,16-,18-,19?/m0/s1. The molecule has 22 heavy (non-hydrogen) atoms. The normalized spacial score (nSPS) is 40.1. The van der Waals surface area contributed by atoms with Crippen LogP contribution in [0.5, 0.6) is 5.75 Å². The van der Waals surface area contributed by atoms with Gasteiger partial charge < -0.3 is 4.74 Å². The van der Waals surface area contributed by atoms with Crippen molar-refractivity contribution >= 4 is 15.9 Å². The second-order valence-electron chi connectivity index (χ2n) is 8.00. The van der Waals surface area contributed by atoms with Crippen LogP contribution in [-0.4, -0.2) is 28.6 Å². The summed E-state index contributed by atoms with van der Waals surface area (Å²) in [6.07, 6.45) is 11.7. The van der Waals surface area contributed by atoms with Gasteiger partial charge in [0.05, 0.1) is 0 Å². The van der Waals surface area contributed by atoms with Crippen LogP contribution in [0.25, 0.3) is 0 Å². The Kier molecular flexibility index (Phi) is 3.13. The highest BCUT2D eigenvalue weighted by Gasteiger charge is 2.61. The van der Waals surface area contributed by atoms with E-state index in [0.717, 1.165) is 28.2 Å². The summed E-state index contributed by atoms with van der Waals surface area (Å²) < 4.78 is 7.42. The zero-order valence-electron chi connectivity index (χ0n) is 13.0. The number of hydrogen-bond donors (Lipinski definition) is 0. The molecule has 118 valence electrons. The van der Waals surface area contributed by atoms with Gasteiger partial charge >= 0.3 is 0 Å². The average Bonchev–Trinajstić information content (AvgIpc) is 3.21. The van der Waals surface area contributed by atoms with Crippen LogP contribution < -0.4 is 4.74 Å². The van der Waals surface area contributed by atoms with E-state index in [1.165, 1.54) is 51.4 Å². The SMILES string of the molecule is Brc1cccc(O[C@H]2C[C@@H]3CCC4(CC5CC5)C[C@H](C2)N34)c1. The second kappa shape index (κ2) is 4.98. The summed E-state index contributed by atoms with van der Waals surface area (Å²) in [5.41, 5.74) is 0.622. The summed E-state index contributed by atoms with van der Waals surface area (Å²) in [6.45, 7) is 0. The molecule has 0 bridgehead atoms. The fourth-order valence-electron chi connectivity index (χ4n) is 5.52. The molecule has 1 aromatic carbocycles. The molecule has 3 heterocycles. The van der Waals surface area contributed by atoms with Crippen LogP contribution in [0, 0.1) is 5.92 Å². The molecule has 3 heteroatoms. The monoisotopic (exact) mass is 361 g/mol. The van der Waals surface area contributed by atoms with Gasteiger partial charge in [-0.2, -0.15) is 0 Å². The second-order valence-corrected chi connectivity index (χ2v) is 8.91. The summed E-state index contributed by atoms with van der Waals surface area (Å²) in [7, 11) is 0. The Morgan fingerprint density at radius 1 is 1.18 bits per heavy atom. The van der Waals surface area contributed by atoms with Gasteiger partial charge in [-0.1, -0.05) is 34.8 Å². The van der Waals surface area contributed by atoms with E-state index < -0.39 is 0 Å². The maximum absolute atomic E-state index is 6.31. The minimum Gasteiger partial charge on any atom is -0.490 e. The lowest BCUT2D eigenvalue weighted by molar-refractivity contribution is -0.118. The van der Waals surface area contributed by atoms with Crippen LogP contribution in [0.4, 0.5) is 0 Å². The molecule has 2 nitrogen and oxygen atoms in total. The molecule has 0 N–H and O–H groups in total. The Hall–Kier alpha value is -0.540. The van der Waals surface area contributed by atoms with Crippen molar-refractivity contribution in [2.75, 3.05) is 0 Å². The Morgan fingerprint density at radius 3 is 2.86 bits per heavy atom. The van der Waals surface area contributed by atoms with Crippen molar-refractivity contribution < 1.29 is 4.74 Å². The third-order valence-electron chi connectivity index (χ3n) is 6.43. The summed E-state index contributed by atoms with van der Waals surface area (Å²) in [6, 6.07) is 9.91. The molecule has 1 aliphatic carbocycles. The van der Waals surface area contributed by atoms with Crippen molar-refractivity contribution in [1.29, 1.82) is 0 Å². The third-order valence-corrected chi connectivity index (χ3v) is 6.92. The Labute approximate surface area is 141 Å². The number of benzene rings is 1. The van der Waals surface area contributed by atoms with E-state index in [2.05, 4.69) is 45.1 Å². The zero-order chi connectivity index (χ0) is 14.7. The molecule has 0 spiro atoms. The molecule has 4 atom stereocenters. The Bertz CT molecular complexity index is 587. The predicted octanol–water partition coefficient (Wildman–Crippen LogP) is 4.77. The van der Waals surface area contributed by atoms with Gasteiger partial charge in [0.2, 0.25) is 0 Å². The molecule has 5 rings (SSSR count). The van der Waals surface area contributed by atoms with Gasteiger partial charge in [-0.3, -0.25) is 4.90 Å². The first-order valence-electron chi connectivity index (χ1n) is 8.93. The van der Waals surface area contributed by atoms with Gasteiger partial charge in [-0.05, 0) is 62.6 Å². The topological polar surface area (TPSA) is 12.5 Å². The number of halogens is 1. The summed E-state index contributed by atoms with van der Waals surface area (Å²) >= 11 is 3.54. The van der Waals surface area contributed by atoms with E-state index in [1.807, 2.05) is 0 Å². The van der Waals surface area contributed by atoms with Crippen molar-refractivity contribution in [2.45, 2.75) is 75.1 Å². The predicted molar refractivity (Wildman–Crippen MR) is 91.1 cm³/mol. The van der Waals surface area contributed by atoms with Crippen LogP contribution >= 0.6 is 15.9 Å². The fraction of sp³-hybridized carbons (Fsp3) is 0.684. The smallest absolute Gasteiger partial charge is 0.120 e. The summed E-state index contributed by atoms with van der Waals surface area (Å²) in [4.78, 5) is 2.92. The van der Waals surface area contributed by atoms with Crippen molar-refractivity contribution in [3.63, 3.8) is 0 Å². The minimum absolute atomic E-state index is 0.414. The fourth-order valence-corrected chi connectivity index (χ4v) is 5.90. The molecule has 3 aliphatic heterocycles. The number of hydrogen-bond acceptors (Lipinski definition) is 2. The molecular weight excluding hydrogens is 338 g/mol. The molecule has 4 fully saturated rings. The van der Waals surface area contributed by atoms with Gasteiger partial charge in [0.15, 0.2) is 0 Å². The molecule has 1 saturated carbocycles. The minimum atomic E-state index is 0.414. The number of piperidine rings is 1. The molecule has 3 saturated heterocycles. The van der Waals surface area contributed by atoms with Gasteiger partial charge in [-0.25, -0.2) is 0 Å². The van der Waals surface area contributed by atoms with Gasteiger partial charge in [-0.15, -0.1) is 0 Å². The Morgan fingerprint density at radius 2 is 2.05 bits per heavy atom. The van der Waals surface area contributed by atoms with Crippen molar-refractivity contribution in [1.82, 2.24) is 4.90 Å². The highest BCUT2D eigenvalue weighted by molar-refractivity contribution is 9.10. The molecule has 1 aromatic rings. The van der Waals surface area contributed by atoms with E-state index in [-0.39, 0.29) is 0 Å². The molecule has 0 radical (unpaired) electrons. The lowest BCUT2D eigenvalue weighted by Crippen LogP contribution is -2.68. The van der Waals surface area contributed by atoms with E-state index >= 15 is 0 Å². The highest BCUT2D eigenvalue weighted by Crippen LogP contribution is 2.58. The van der Waals surface area contributed by atoms with Crippen molar-refractivity contribution in [3.8, 4) is 5.75 Å². The number of nitrogens with zero attached hydrogens (tertiary/aromatic N) is 1. The highest BCUT2D eigenvalue weighted by atomic mass is 79.9. The lowest BCUT2D eigenvalue weighted by atomic mass is 9.72. The third kappa shape index (κ3) is 2.24. The molecule has 0 aromatic heterocycles. The largest absolute Gasteiger partial charge is 0.490 e. The zero-order valence-corrected chi connectivity index (χ0v) is 14.6. The first-order chi connectivity index (χ1) is 10.7. The van der Waals surface area contributed by atoms with E-state index in [1.54, 1.807) is 0 Å². The quantitative estimate of drug-likeness (QED) is 0.765. The number of ether oxygens (including phenoxy) is 1. The van der Waals surface area contributed by atoms with Crippen LogP contribution in [-0.2, 0) is 0 Å². The lowest BCUT2D eigenvalue weighted by Gasteiger charge is -2.60. The first kappa shape index (κ1) is 13.9. The van der Waals surface area contributed by atoms with E-state index in [0.29, 0.717) is 11.6 Å². The molecular formula is C19H24BrNO. The van der Waals surface area contributed by atoms with Gasteiger partial charge in [0.25, 0.3) is 0 Å². The molecule has 4 aliphatic rings. The van der Waals surface area contributed by atoms with Crippen LogP contribution in [0.3, 0.4) is 0 Å². The molecule has 1 unspecified atom stereocenters. The first-order valence-corrected chi connectivity index (χ1v) is 9.72. The van der Waals surface area contributed by atoms with Crippen LogP contribution in [0.1, 0.15) is 51.4 Å². The van der Waals surface area contributed by atoms with E-state index in [9.17, 15) is 0 Å². The number of rotatable bonds is 4. The Balaban J connectivity index is 1.27. The van der Waals surface area contributed by atoms with Crippen LogP contribution in [0.15, 0.2) is 28.7 Å². The van der Waals surface area contributed by atoms with Crippen molar-refractivity contribution in [2.24, 2.45) is 5.92 Å². The average molecular weight is 362 g/mol. The van der Waals surface area contributed by atoms with Crippen LogP contribution in [0.2, 0.25) is 0 Å². The van der Waals surface area contributed by atoms with Gasteiger partial charge in [0.1, 0.15) is 11.9 Å². The van der Waals surface area contributed by atoms with E-state index in [4.69, 9.17) is 4.74 Å². The summed E-state index contributed by atoms with van der Waals surface area (Å²) in [5.74, 6) is 2.09. The maximum Gasteiger partial charge on any atom is 0.120 e. The maximum atomic E-state index is 6.31. The van der Waals surface area contributed by atoms with Crippen molar-refractivity contribution in [3.05, 3.63) is 28.7 Å². The van der Waals surface area contributed by atoms with Gasteiger partial charge in [0, 0.05) is 22.1 Å². The molecule has 0 amide bonds.